The van der Waals surface area contributed by atoms with Crippen molar-refractivity contribution in [3.8, 4) is 0 Å². The van der Waals surface area contributed by atoms with Crippen LogP contribution in [0.25, 0.3) is 0 Å². The zero-order chi connectivity index (χ0) is 16.0. The molecule has 0 saturated heterocycles. The van der Waals surface area contributed by atoms with Crippen molar-refractivity contribution in [2.45, 2.75) is 39.2 Å². The monoisotopic (exact) mass is 299 g/mol. The molecule has 1 aromatic rings. The van der Waals surface area contributed by atoms with E-state index in [-0.39, 0.29) is 17.9 Å². The first kappa shape index (κ1) is 17.1. The zero-order valence-corrected chi connectivity index (χ0v) is 12.0. The lowest BCUT2D eigenvalue weighted by Gasteiger charge is -2.18. The van der Waals surface area contributed by atoms with Crippen molar-refractivity contribution in [3.63, 3.8) is 0 Å². The highest BCUT2D eigenvalue weighted by Crippen LogP contribution is 2.12. The van der Waals surface area contributed by atoms with E-state index < -0.39 is 29.6 Å². The minimum absolute atomic E-state index is 0.151. The Bertz CT molecular complexity index is 499. The van der Waals surface area contributed by atoms with Gasteiger partial charge in [0.1, 0.15) is 17.7 Å². The smallest absolute Gasteiger partial charge is 0.326 e. The van der Waals surface area contributed by atoms with Gasteiger partial charge in [-0.2, -0.15) is 0 Å². The van der Waals surface area contributed by atoms with Crippen LogP contribution in [-0.4, -0.2) is 23.0 Å². The highest BCUT2D eigenvalue weighted by molar-refractivity contribution is 5.84. The van der Waals surface area contributed by atoms with Crippen molar-refractivity contribution in [3.05, 3.63) is 35.4 Å². The number of nitrogens with one attached hydrogen (secondary N) is 1. The summed E-state index contributed by atoms with van der Waals surface area (Å²) in [5, 5.41) is 11.5. The number of benzene rings is 1. The number of hydrogen-bond acceptors (Lipinski definition) is 2. The number of carbonyl (C=O) groups excluding carboxylic acids is 1. The van der Waals surface area contributed by atoms with Gasteiger partial charge in [0.05, 0.1) is 6.42 Å². The van der Waals surface area contributed by atoms with Gasteiger partial charge in [-0.3, -0.25) is 4.79 Å². The van der Waals surface area contributed by atoms with Gasteiger partial charge in [0.25, 0.3) is 0 Å². The summed E-state index contributed by atoms with van der Waals surface area (Å²) in [6.07, 6.45) is 0.850. The Morgan fingerprint density at radius 1 is 1.24 bits per heavy atom. The van der Waals surface area contributed by atoms with Crippen molar-refractivity contribution in [2.24, 2.45) is 5.92 Å². The molecule has 4 nitrogen and oxygen atoms in total. The van der Waals surface area contributed by atoms with Crippen LogP contribution in [0.5, 0.6) is 0 Å². The molecule has 1 unspecified atom stereocenters. The lowest BCUT2D eigenvalue weighted by molar-refractivity contribution is -0.142. The van der Waals surface area contributed by atoms with Crippen molar-refractivity contribution >= 4 is 11.9 Å². The molecule has 0 heterocycles. The van der Waals surface area contributed by atoms with Gasteiger partial charge in [-0.1, -0.05) is 20.3 Å². The predicted molar refractivity (Wildman–Crippen MR) is 73.7 cm³/mol. The fraction of sp³-hybridized carbons (Fsp3) is 0.467. The molecule has 6 heteroatoms. The first-order chi connectivity index (χ1) is 9.81. The van der Waals surface area contributed by atoms with Gasteiger partial charge >= 0.3 is 5.97 Å². The molecule has 1 rings (SSSR count). The van der Waals surface area contributed by atoms with E-state index in [1.807, 2.05) is 13.8 Å². The third-order valence-corrected chi connectivity index (χ3v) is 3.26. The molecular formula is C15H19F2NO3. The van der Waals surface area contributed by atoms with Crippen molar-refractivity contribution in [1.82, 2.24) is 5.32 Å². The average Bonchev–Trinajstić information content (AvgIpc) is 2.36. The van der Waals surface area contributed by atoms with E-state index >= 15 is 0 Å². The van der Waals surface area contributed by atoms with Crippen molar-refractivity contribution in [1.29, 1.82) is 0 Å². The minimum atomic E-state index is -1.12. The van der Waals surface area contributed by atoms with Gasteiger partial charge in [0.2, 0.25) is 5.91 Å². The summed E-state index contributed by atoms with van der Waals surface area (Å²) in [6, 6.07) is 1.82. The molecule has 0 spiro atoms. The number of aliphatic carboxylic acids is 1. The molecular weight excluding hydrogens is 280 g/mol. The predicted octanol–water partition coefficient (Wildman–Crippen LogP) is 2.51. The summed E-state index contributed by atoms with van der Waals surface area (Å²) >= 11 is 0. The van der Waals surface area contributed by atoms with Gasteiger partial charge in [0.15, 0.2) is 0 Å². The zero-order valence-electron chi connectivity index (χ0n) is 12.0. The fourth-order valence-electron chi connectivity index (χ4n) is 1.93. The Morgan fingerprint density at radius 3 is 2.29 bits per heavy atom. The van der Waals surface area contributed by atoms with E-state index in [0.29, 0.717) is 12.5 Å². The number of amides is 1. The van der Waals surface area contributed by atoms with E-state index in [1.54, 1.807) is 0 Å². The maximum absolute atomic E-state index is 13.0. The molecule has 2 atom stereocenters. The van der Waals surface area contributed by atoms with E-state index in [9.17, 15) is 18.4 Å². The fourth-order valence-corrected chi connectivity index (χ4v) is 1.93. The summed E-state index contributed by atoms with van der Waals surface area (Å²) in [6.45, 7) is 3.82. The number of carboxylic acid groups (broad SMARTS) is 1. The second kappa shape index (κ2) is 7.71. The van der Waals surface area contributed by atoms with E-state index in [1.165, 1.54) is 0 Å². The highest BCUT2D eigenvalue weighted by atomic mass is 19.1. The largest absolute Gasteiger partial charge is 0.480 e. The Hall–Kier alpha value is -1.98. The first-order valence-corrected chi connectivity index (χ1v) is 6.79. The Morgan fingerprint density at radius 2 is 1.81 bits per heavy atom. The van der Waals surface area contributed by atoms with Crippen LogP contribution in [0.2, 0.25) is 0 Å². The standard InChI is InChI=1S/C15H19F2NO3/c1-3-9(2)4-13(15(20)21)18-14(19)7-10-5-11(16)8-12(17)6-10/h5-6,8-9,13H,3-4,7H2,1-2H3,(H,18,19)(H,20,21)/t9?,13-/m0/s1. The van der Waals surface area contributed by atoms with Crippen molar-refractivity contribution in [2.75, 3.05) is 0 Å². The first-order valence-electron chi connectivity index (χ1n) is 6.79. The van der Waals surface area contributed by atoms with Crippen LogP contribution in [0, 0.1) is 17.6 Å². The molecule has 0 fully saturated rings. The molecule has 1 aromatic carbocycles. The number of hydrogen-bond donors (Lipinski definition) is 2. The third kappa shape index (κ3) is 5.89. The molecule has 0 aromatic heterocycles. The quantitative estimate of drug-likeness (QED) is 0.813. The molecule has 116 valence electrons. The third-order valence-electron chi connectivity index (χ3n) is 3.26. The number of carbonyl (C=O) groups is 2. The van der Waals surface area contributed by atoms with Crippen LogP contribution in [0.15, 0.2) is 18.2 Å². The number of carboxylic acids is 1. The topological polar surface area (TPSA) is 66.4 Å². The van der Waals surface area contributed by atoms with Crippen LogP contribution >= 0.6 is 0 Å². The Kier molecular flexibility index (Phi) is 6.27. The normalized spacial score (nSPS) is 13.5. The van der Waals surface area contributed by atoms with E-state index in [4.69, 9.17) is 5.11 Å². The van der Waals surface area contributed by atoms with Gasteiger partial charge in [0, 0.05) is 6.07 Å². The second-order valence-corrected chi connectivity index (χ2v) is 5.16. The SMILES string of the molecule is CCC(C)C[C@H](NC(=O)Cc1cc(F)cc(F)c1)C(=O)O. The van der Waals surface area contributed by atoms with E-state index in [2.05, 4.69) is 5.32 Å². The number of halogens is 2. The molecule has 0 saturated carbocycles. The molecule has 0 radical (unpaired) electrons. The Balaban J connectivity index is 2.67. The van der Waals surface area contributed by atoms with Gasteiger partial charge < -0.3 is 10.4 Å². The molecule has 2 N–H and O–H groups in total. The van der Waals surface area contributed by atoms with Crippen LogP contribution in [-0.2, 0) is 16.0 Å². The van der Waals surface area contributed by atoms with Crippen LogP contribution in [0.1, 0.15) is 32.3 Å². The van der Waals surface area contributed by atoms with Gasteiger partial charge in [-0.15, -0.1) is 0 Å². The molecule has 0 aliphatic carbocycles. The molecule has 0 aliphatic heterocycles. The molecule has 0 aliphatic rings. The Labute approximate surface area is 122 Å². The van der Waals surface area contributed by atoms with E-state index in [0.717, 1.165) is 18.6 Å². The van der Waals surface area contributed by atoms with Crippen LogP contribution in [0.4, 0.5) is 8.78 Å². The van der Waals surface area contributed by atoms with Crippen LogP contribution < -0.4 is 5.32 Å². The highest BCUT2D eigenvalue weighted by Gasteiger charge is 2.22. The molecule has 0 bridgehead atoms. The maximum Gasteiger partial charge on any atom is 0.326 e. The lowest BCUT2D eigenvalue weighted by atomic mass is 9.99. The second-order valence-electron chi connectivity index (χ2n) is 5.16. The van der Waals surface area contributed by atoms with Gasteiger partial charge in [-0.05, 0) is 30.0 Å². The minimum Gasteiger partial charge on any atom is -0.480 e. The average molecular weight is 299 g/mol. The van der Waals surface area contributed by atoms with Crippen LogP contribution in [0.3, 0.4) is 0 Å². The lowest BCUT2D eigenvalue weighted by Crippen LogP contribution is -2.42. The summed E-state index contributed by atoms with van der Waals surface area (Å²) < 4.78 is 26.0. The maximum atomic E-state index is 13.0. The number of rotatable bonds is 7. The molecule has 1 amide bonds. The summed E-state index contributed by atoms with van der Waals surface area (Å²) in [5.41, 5.74) is 0.165. The molecule has 21 heavy (non-hydrogen) atoms. The van der Waals surface area contributed by atoms with Crippen molar-refractivity contribution < 1.29 is 23.5 Å². The van der Waals surface area contributed by atoms with Gasteiger partial charge in [-0.25, -0.2) is 13.6 Å². The summed E-state index contributed by atoms with van der Waals surface area (Å²) in [4.78, 5) is 22.9. The summed E-state index contributed by atoms with van der Waals surface area (Å²) in [5.74, 6) is -3.08. The summed E-state index contributed by atoms with van der Waals surface area (Å²) in [7, 11) is 0.